The zero-order valence-electron chi connectivity index (χ0n) is 3.77. The molecule has 0 spiro atoms. The highest BCUT2D eigenvalue weighted by Gasteiger charge is 2.13. The predicted octanol–water partition coefficient (Wildman–Crippen LogP) is 1.21. The van der Waals surface area contributed by atoms with E-state index in [2.05, 4.69) is 5.32 Å². The third-order valence-corrected chi connectivity index (χ3v) is 1.18. The summed E-state index contributed by atoms with van der Waals surface area (Å²) >= 11 is 0. The molecule has 2 heteroatoms. The van der Waals surface area contributed by atoms with Crippen LogP contribution < -0.4 is 5.32 Å². The second-order valence-corrected chi connectivity index (χ2v) is 1.61. The van der Waals surface area contributed by atoms with Crippen molar-refractivity contribution in [2.24, 2.45) is 0 Å². The summed E-state index contributed by atoms with van der Waals surface area (Å²) < 4.78 is 4.99. The maximum absolute atomic E-state index is 4.99. The second kappa shape index (κ2) is 0.832. The van der Waals surface area contributed by atoms with E-state index in [0.717, 1.165) is 18.0 Å². The van der Waals surface area contributed by atoms with Crippen LogP contribution in [0.2, 0.25) is 0 Å². The summed E-state index contributed by atoms with van der Waals surface area (Å²) in [5.74, 6) is 1.08. The Morgan fingerprint density at radius 3 is 3.00 bits per heavy atom. The largest absolute Gasteiger partial charge is 0.465 e. The van der Waals surface area contributed by atoms with Crippen LogP contribution in [0, 0.1) is 0 Å². The van der Waals surface area contributed by atoms with Gasteiger partial charge >= 0.3 is 0 Å². The molecule has 36 valence electrons. The number of nitrogens with one attached hydrogen (secondary N) is 1. The highest BCUT2D eigenvalue weighted by molar-refractivity contribution is 5.54. The Kier molecular flexibility index (Phi) is 0.372. The van der Waals surface area contributed by atoms with Gasteiger partial charge in [-0.25, -0.2) is 0 Å². The molecule has 0 saturated carbocycles. The molecule has 2 nitrogen and oxygen atoms in total. The van der Waals surface area contributed by atoms with Gasteiger partial charge in [0, 0.05) is 0 Å². The van der Waals surface area contributed by atoms with E-state index < -0.39 is 0 Å². The van der Waals surface area contributed by atoms with Gasteiger partial charge in [0.05, 0.1) is 18.5 Å². The van der Waals surface area contributed by atoms with Gasteiger partial charge in [0.15, 0.2) is 0 Å². The molecule has 1 aromatic rings. The standard InChI is InChI=1S/C5H5NO/c1-2-7-5-3-6-4(1)5/h1-2,6H,3H2. The average Bonchev–Trinajstić information content (AvgIpc) is 1.85. The SMILES string of the molecule is c1cc2c(o1)CN2. The molecule has 0 unspecified atom stereocenters. The first-order chi connectivity index (χ1) is 3.47. The molecule has 1 aliphatic rings. The number of furan rings is 1. The van der Waals surface area contributed by atoms with E-state index in [1.165, 1.54) is 0 Å². The van der Waals surface area contributed by atoms with E-state index in [1.54, 1.807) is 6.26 Å². The van der Waals surface area contributed by atoms with Crippen molar-refractivity contribution in [2.75, 3.05) is 5.32 Å². The van der Waals surface area contributed by atoms with Crippen molar-refractivity contribution in [1.82, 2.24) is 0 Å². The lowest BCUT2D eigenvalue weighted by molar-refractivity contribution is 0.506. The molecule has 1 N–H and O–H groups in total. The number of anilines is 1. The van der Waals surface area contributed by atoms with Crippen molar-refractivity contribution >= 4 is 5.69 Å². The quantitative estimate of drug-likeness (QED) is 0.523. The molecule has 2 rings (SSSR count). The molecular weight excluding hydrogens is 90.1 g/mol. The number of rotatable bonds is 0. The van der Waals surface area contributed by atoms with Gasteiger partial charge in [-0.15, -0.1) is 0 Å². The summed E-state index contributed by atoms with van der Waals surface area (Å²) in [6, 6.07) is 1.93. The zero-order valence-corrected chi connectivity index (χ0v) is 3.77. The fourth-order valence-corrected chi connectivity index (χ4v) is 0.704. The molecule has 0 atom stereocenters. The van der Waals surface area contributed by atoms with E-state index >= 15 is 0 Å². The monoisotopic (exact) mass is 95.0 g/mol. The van der Waals surface area contributed by atoms with Crippen LogP contribution in [0.1, 0.15) is 5.76 Å². The second-order valence-electron chi connectivity index (χ2n) is 1.61. The van der Waals surface area contributed by atoms with Crippen LogP contribution in [-0.4, -0.2) is 0 Å². The Balaban J connectivity index is 2.69. The first kappa shape index (κ1) is 3.13. The van der Waals surface area contributed by atoms with Crippen molar-refractivity contribution in [3.63, 3.8) is 0 Å². The Bertz CT molecular complexity index is 161. The van der Waals surface area contributed by atoms with Crippen LogP contribution in [-0.2, 0) is 6.54 Å². The van der Waals surface area contributed by atoms with E-state index in [9.17, 15) is 0 Å². The van der Waals surface area contributed by atoms with Crippen molar-refractivity contribution in [3.05, 3.63) is 18.1 Å². The topological polar surface area (TPSA) is 25.2 Å². The number of hydrogen-bond donors (Lipinski definition) is 1. The van der Waals surface area contributed by atoms with Crippen LogP contribution in [0.15, 0.2) is 16.7 Å². The highest BCUT2D eigenvalue weighted by atomic mass is 16.3. The lowest BCUT2D eigenvalue weighted by atomic mass is 10.3. The van der Waals surface area contributed by atoms with Crippen LogP contribution >= 0.6 is 0 Å². The molecule has 1 aromatic heterocycles. The molecule has 0 radical (unpaired) electrons. The number of fused-ring (bicyclic) bond motifs is 1. The molecule has 1 aliphatic heterocycles. The van der Waals surface area contributed by atoms with Gasteiger partial charge in [-0.05, 0) is 6.07 Å². The van der Waals surface area contributed by atoms with Crippen molar-refractivity contribution in [2.45, 2.75) is 6.54 Å². The fourth-order valence-electron chi connectivity index (χ4n) is 0.704. The summed E-state index contributed by atoms with van der Waals surface area (Å²) in [4.78, 5) is 0. The molecule has 0 fully saturated rings. The van der Waals surface area contributed by atoms with Crippen LogP contribution in [0.25, 0.3) is 0 Å². The molecule has 0 saturated heterocycles. The van der Waals surface area contributed by atoms with Gasteiger partial charge in [0.25, 0.3) is 0 Å². The molecule has 2 heterocycles. The minimum Gasteiger partial charge on any atom is -0.465 e. The van der Waals surface area contributed by atoms with E-state index in [0.29, 0.717) is 0 Å². The van der Waals surface area contributed by atoms with Gasteiger partial charge in [-0.3, -0.25) is 0 Å². The third-order valence-electron chi connectivity index (χ3n) is 1.18. The molecule has 0 bridgehead atoms. The molecule has 0 aromatic carbocycles. The van der Waals surface area contributed by atoms with Crippen molar-refractivity contribution in [3.8, 4) is 0 Å². The van der Waals surface area contributed by atoms with Crippen LogP contribution in [0.3, 0.4) is 0 Å². The smallest absolute Gasteiger partial charge is 0.145 e. The van der Waals surface area contributed by atoms with Gasteiger partial charge in [0.1, 0.15) is 5.76 Å². The zero-order chi connectivity index (χ0) is 4.69. The summed E-state index contributed by atoms with van der Waals surface area (Å²) in [6.07, 6.45) is 1.70. The first-order valence-electron chi connectivity index (χ1n) is 2.27. The molecule has 0 aliphatic carbocycles. The lowest BCUT2D eigenvalue weighted by Crippen LogP contribution is -2.09. The Morgan fingerprint density at radius 1 is 1.71 bits per heavy atom. The summed E-state index contributed by atoms with van der Waals surface area (Å²) in [5.41, 5.74) is 1.15. The summed E-state index contributed by atoms with van der Waals surface area (Å²) in [7, 11) is 0. The van der Waals surface area contributed by atoms with Gasteiger partial charge < -0.3 is 9.73 Å². The highest BCUT2D eigenvalue weighted by Crippen LogP contribution is 2.25. The summed E-state index contributed by atoms with van der Waals surface area (Å²) in [6.45, 7) is 0.905. The summed E-state index contributed by atoms with van der Waals surface area (Å²) in [5, 5.41) is 3.08. The Hall–Kier alpha value is -0.920. The van der Waals surface area contributed by atoms with E-state index in [1.807, 2.05) is 6.07 Å². The van der Waals surface area contributed by atoms with Gasteiger partial charge in [-0.2, -0.15) is 0 Å². The predicted molar refractivity (Wildman–Crippen MR) is 26.0 cm³/mol. The lowest BCUT2D eigenvalue weighted by Gasteiger charge is -2.12. The van der Waals surface area contributed by atoms with Gasteiger partial charge in [0.2, 0.25) is 0 Å². The van der Waals surface area contributed by atoms with E-state index in [-0.39, 0.29) is 0 Å². The van der Waals surface area contributed by atoms with Gasteiger partial charge in [-0.1, -0.05) is 0 Å². The van der Waals surface area contributed by atoms with Crippen molar-refractivity contribution in [1.29, 1.82) is 0 Å². The van der Waals surface area contributed by atoms with Crippen LogP contribution in [0.4, 0.5) is 5.69 Å². The normalized spacial score (nSPS) is 14.3. The van der Waals surface area contributed by atoms with Crippen molar-refractivity contribution < 1.29 is 4.42 Å². The maximum atomic E-state index is 4.99. The fraction of sp³-hybridized carbons (Fsp3) is 0.200. The minimum absolute atomic E-state index is 0.905. The first-order valence-corrected chi connectivity index (χ1v) is 2.27. The Labute approximate surface area is 41.1 Å². The average molecular weight is 95.1 g/mol. The number of hydrogen-bond acceptors (Lipinski definition) is 2. The molecular formula is C5H5NO. The molecule has 0 amide bonds. The van der Waals surface area contributed by atoms with Crippen LogP contribution in [0.5, 0.6) is 0 Å². The Morgan fingerprint density at radius 2 is 2.71 bits per heavy atom. The third kappa shape index (κ3) is 0.243. The molecule has 7 heavy (non-hydrogen) atoms. The maximum Gasteiger partial charge on any atom is 0.145 e. The minimum atomic E-state index is 0.905. The van der Waals surface area contributed by atoms with E-state index in [4.69, 9.17) is 4.42 Å².